The number of nitrogens with two attached hydrogens (primary N) is 1. The summed E-state index contributed by atoms with van der Waals surface area (Å²) in [5, 5.41) is 0. The second-order valence-electron chi connectivity index (χ2n) is 4.44. The number of anilines is 1. The van der Waals surface area contributed by atoms with E-state index in [4.69, 9.17) is 10.5 Å². The first-order valence-electron chi connectivity index (χ1n) is 6.20. The van der Waals surface area contributed by atoms with Crippen molar-refractivity contribution in [1.29, 1.82) is 0 Å². The number of ether oxygens (including phenoxy) is 1. The van der Waals surface area contributed by atoms with Crippen LogP contribution in [-0.4, -0.2) is 29.9 Å². The molecule has 20 heavy (non-hydrogen) atoms. The van der Waals surface area contributed by atoms with Crippen LogP contribution in [0.5, 0.6) is 5.75 Å². The summed E-state index contributed by atoms with van der Waals surface area (Å²) in [6.07, 6.45) is 1.48. The van der Waals surface area contributed by atoms with E-state index in [0.717, 1.165) is 11.3 Å². The number of methoxy groups -OCH3 is 1. The molecule has 0 atom stereocenters. The van der Waals surface area contributed by atoms with Gasteiger partial charge in [0.05, 0.1) is 12.7 Å². The lowest BCUT2D eigenvalue weighted by molar-refractivity contribution is 0.0784. The van der Waals surface area contributed by atoms with Crippen molar-refractivity contribution in [2.75, 3.05) is 19.9 Å². The molecule has 0 fully saturated rings. The third kappa shape index (κ3) is 3.06. The molecular formula is C15H17N3O2. The van der Waals surface area contributed by atoms with E-state index < -0.39 is 0 Å². The zero-order valence-electron chi connectivity index (χ0n) is 11.5. The largest absolute Gasteiger partial charge is 0.496 e. The van der Waals surface area contributed by atoms with Crippen molar-refractivity contribution in [2.24, 2.45) is 0 Å². The maximum atomic E-state index is 12.3. The van der Waals surface area contributed by atoms with Crippen LogP contribution in [0.3, 0.4) is 0 Å². The predicted molar refractivity (Wildman–Crippen MR) is 77.4 cm³/mol. The minimum Gasteiger partial charge on any atom is -0.496 e. The van der Waals surface area contributed by atoms with Gasteiger partial charge in [0.1, 0.15) is 11.6 Å². The van der Waals surface area contributed by atoms with Crippen LogP contribution in [0.25, 0.3) is 0 Å². The number of hydrogen-bond donors (Lipinski definition) is 1. The van der Waals surface area contributed by atoms with Gasteiger partial charge in [-0.25, -0.2) is 4.98 Å². The fourth-order valence-corrected chi connectivity index (χ4v) is 1.91. The SMILES string of the molecule is COc1ccccc1CN(C)C(=O)c1ccc(N)nc1. The standard InChI is InChI=1S/C15H17N3O2/c1-18(10-12-5-3-4-6-13(12)20-2)15(19)11-7-8-14(16)17-9-11/h3-9H,10H2,1-2H3,(H2,16,17). The smallest absolute Gasteiger partial charge is 0.255 e. The summed E-state index contributed by atoms with van der Waals surface area (Å²) in [5.41, 5.74) is 6.98. The van der Waals surface area contributed by atoms with Crippen molar-refractivity contribution in [3.8, 4) is 5.75 Å². The Morgan fingerprint density at radius 3 is 2.70 bits per heavy atom. The molecule has 0 aliphatic heterocycles. The molecule has 0 bridgehead atoms. The summed E-state index contributed by atoms with van der Waals surface area (Å²) in [4.78, 5) is 17.8. The number of rotatable bonds is 4. The van der Waals surface area contributed by atoms with Crippen LogP contribution in [0.15, 0.2) is 42.6 Å². The summed E-state index contributed by atoms with van der Waals surface area (Å²) in [7, 11) is 3.36. The summed E-state index contributed by atoms with van der Waals surface area (Å²) in [6, 6.07) is 10.9. The Balaban J connectivity index is 2.13. The molecule has 0 unspecified atom stereocenters. The molecule has 0 aliphatic carbocycles. The molecule has 1 aromatic heterocycles. The van der Waals surface area contributed by atoms with Crippen molar-refractivity contribution in [1.82, 2.24) is 9.88 Å². The quantitative estimate of drug-likeness (QED) is 0.922. The number of aromatic nitrogens is 1. The molecule has 1 amide bonds. The van der Waals surface area contributed by atoms with Crippen molar-refractivity contribution in [3.05, 3.63) is 53.7 Å². The van der Waals surface area contributed by atoms with E-state index in [2.05, 4.69) is 4.98 Å². The first kappa shape index (κ1) is 13.9. The van der Waals surface area contributed by atoms with Crippen LogP contribution < -0.4 is 10.5 Å². The number of carbonyl (C=O) groups excluding carboxylic acids is 1. The number of pyridine rings is 1. The van der Waals surface area contributed by atoms with Crippen LogP contribution in [0, 0.1) is 0 Å². The molecule has 1 heterocycles. The number of amides is 1. The minimum absolute atomic E-state index is 0.108. The van der Waals surface area contributed by atoms with E-state index in [1.165, 1.54) is 6.20 Å². The van der Waals surface area contributed by atoms with E-state index >= 15 is 0 Å². The van der Waals surface area contributed by atoms with E-state index in [-0.39, 0.29) is 5.91 Å². The van der Waals surface area contributed by atoms with Gasteiger partial charge in [0, 0.05) is 25.4 Å². The number of para-hydroxylation sites is 1. The van der Waals surface area contributed by atoms with Crippen molar-refractivity contribution in [3.63, 3.8) is 0 Å². The number of carbonyl (C=O) groups is 1. The fourth-order valence-electron chi connectivity index (χ4n) is 1.91. The van der Waals surface area contributed by atoms with Crippen molar-refractivity contribution >= 4 is 11.7 Å². The van der Waals surface area contributed by atoms with Crippen LogP contribution >= 0.6 is 0 Å². The molecule has 2 N–H and O–H groups in total. The first-order chi connectivity index (χ1) is 9.61. The van der Waals surface area contributed by atoms with E-state index in [9.17, 15) is 4.79 Å². The second-order valence-corrected chi connectivity index (χ2v) is 4.44. The van der Waals surface area contributed by atoms with Crippen LogP contribution in [0.1, 0.15) is 15.9 Å². The highest BCUT2D eigenvalue weighted by Crippen LogP contribution is 2.19. The molecule has 0 radical (unpaired) electrons. The van der Waals surface area contributed by atoms with E-state index in [1.54, 1.807) is 31.2 Å². The van der Waals surface area contributed by atoms with Gasteiger partial charge in [0.15, 0.2) is 0 Å². The molecular weight excluding hydrogens is 254 g/mol. The lowest BCUT2D eigenvalue weighted by Gasteiger charge is -2.18. The van der Waals surface area contributed by atoms with Crippen LogP contribution in [0.4, 0.5) is 5.82 Å². The van der Waals surface area contributed by atoms with E-state index in [1.807, 2.05) is 24.3 Å². The molecule has 0 saturated heterocycles. The maximum absolute atomic E-state index is 12.3. The van der Waals surface area contributed by atoms with Gasteiger partial charge in [-0.15, -0.1) is 0 Å². The number of nitrogens with zero attached hydrogens (tertiary/aromatic N) is 2. The zero-order chi connectivity index (χ0) is 14.5. The highest BCUT2D eigenvalue weighted by atomic mass is 16.5. The first-order valence-corrected chi connectivity index (χ1v) is 6.20. The van der Waals surface area contributed by atoms with Crippen molar-refractivity contribution < 1.29 is 9.53 Å². The molecule has 2 rings (SSSR count). The monoisotopic (exact) mass is 271 g/mol. The predicted octanol–water partition coefficient (Wildman–Crippen LogP) is 1.94. The second kappa shape index (κ2) is 6.06. The van der Waals surface area contributed by atoms with Gasteiger partial charge in [-0.05, 0) is 18.2 Å². The fraction of sp³-hybridized carbons (Fsp3) is 0.200. The average Bonchev–Trinajstić information content (AvgIpc) is 2.48. The lowest BCUT2D eigenvalue weighted by Crippen LogP contribution is -2.26. The van der Waals surface area contributed by atoms with Gasteiger partial charge in [0.25, 0.3) is 5.91 Å². The Labute approximate surface area is 118 Å². The topological polar surface area (TPSA) is 68.5 Å². The summed E-state index contributed by atoms with van der Waals surface area (Å²) < 4.78 is 5.28. The Morgan fingerprint density at radius 2 is 2.05 bits per heavy atom. The Hall–Kier alpha value is -2.56. The molecule has 1 aromatic carbocycles. The van der Waals surface area contributed by atoms with Gasteiger partial charge in [-0.1, -0.05) is 18.2 Å². The number of hydrogen-bond acceptors (Lipinski definition) is 4. The molecule has 0 spiro atoms. The Bertz CT molecular complexity index is 596. The van der Waals surface area contributed by atoms with E-state index in [0.29, 0.717) is 17.9 Å². The van der Waals surface area contributed by atoms with Gasteiger partial charge in [-0.3, -0.25) is 4.79 Å². The highest BCUT2D eigenvalue weighted by Gasteiger charge is 2.14. The van der Waals surface area contributed by atoms with Crippen LogP contribution in [-0.2, 0) is 6.54 Å². The maximum Gasteiger partial charge on any atom is 0.255 e. The molecule has 5 nitrogen and oxygen atoms in total. The summed E-state index contributed by atoms with van der Waals surface area (Å²) >= 11 is 0. The Kier molecular flexibility index (Phi) is 4.20. The van der Waals surface area contributed by atoms with Gasteiger partial charge < -0.3 is 15.4 Å². The zero-order valence-corrected chi connectivity index (χ0v) is 11.5. The summed E-state index contributed by atoms with van der Waals surface area (Å²) in [5.74, 6) is 1.06. The van der Waals surface area contributed by atoms with Crippen molar-refractivity contribution in [2.45, 2.75) is 6.54 Å². The Morgan fingerprint density at radius 1 is 1.30 bits per heavy atom. The highest BCUT2D eigenvalue weighted by molar-refractivity contribution is 5.93. The normalized spacial score (nSPS) is 10.1. The van der Waals surface area contributed by atoms with Gasteiger partial charge in [0.2, 0.25) is 0 Å². The molecule has 5 heteroatoms. The molecule has 0 aliphatic rings. The molecule has 2 aromatic rings. The third-order valence-corrected chi connectivity index (χ3v) is 2.98. The number of nitrogen functional groups attached to an aromatic ring is 1. The lowest BCUT2D eigenvalue weighted by atomic mass is 10.1. The number of benzene rings is 1. The van der Waals surface area contributed by atoms with Gasteiger partial charge >= 0.3 is 0 Å². The molecule has 0 saturated carbocycles. The average molecular weight is 271 g/mol. The van der Waals surface area contributed by atoms with Crippen LogP contribution in [0.2, 0.25) is 0 Å². The third-order valence-electron chi connectivity index (χ3n) is 2.98. The minimum atomic E-state index is -0.108. The van der Waals surface area contributed by atoms with Gasteiger partial charge in [-0.2, -0.15) is 0 Å². The molecule has 104 valence electrons. The summed E-state index contributed by atoms with van der Waals surface area (Å²) in [6.45, 7) is 0.465.